The van der Waals surface area contributed by atoms with Gasteiger partial charge in [0.05, 0.1) is 0 Å². The van der Waals surface area contributed by atoms with Crippen LogP contribution in [-0.4, -0.2) is 42.3 Å². The topological polar surface area (TPSA) is 105 Å². The van der Waals surface area contributed by atoms with E-state index in [0.29, 0.717) is 13.0 Å². The van der Waals surface area contributed by atoms with Gasteiger partial charge in [-0.25, -0.2) is 4.79 Å². The highest BCUT2D eigenvalue weighted by molar-refractivity contribution is 5.86. The van der Waals surface area contributed by atoms with Crippen molar-refractivity contribution < 1.29 is 24.2 Å². The van der Waals surface area contributed by atoms with Crippen molar-refractivity contribution >= 4 is 18.0 Å². The molecule has 30 heavy (non-hydrogen) atoms. The number of carbonyl (C=O) groups excluding carboxylic acids is 2. The monoisotopic (exact) mass is 408 g/mol. The van der Waals surface area contributed by atoms with E-state index < -0.39 is 18.1 Å². The predicted octanol–water partition coefficient (Wildman–Crippen LogP) is 2.75. The van der Waals surface area contributed by atoms with E-state index in [2.05, 4.69) is 34.9 Å². The Kier molecular flexibility index (Phi) is 5.44. The highest BCUT2D eigenvalue weighted by Gasteiger charge is 2.43. The van der Waals surface area contributed by atoms with Crippen LogP contribution < -0.4 is 10.6 Å². The molecule has 0 heterocycles. The van der Waals surface area contributed by atoms with Gasteiger partial charge in [0.1, 0.15) is 12.6 Å². The number of rotatable bonds is 7. The van der Waals surface area contributed by atoms with Crippen LogP contribution in [0.1, 0.15) is 30.4 Å². The fourth-order valence-electron chi connectivity index (χ4n) is 4.04. The van der Waals surface area contributed by atoms with Crippen LogP contribution in [0.5, 0.6) is 0 Å². The normalized spacial score (nSPS) is 19.9. The van der Waals surface area contributed by atoms with Crippen LogP contribution in [0.15, 0.2) is 48.5 Å². The maximum atomic E-state index is 12.2. The molecule has 156 valence electrons. The number of alkyl carbamates (subject to hydrolysis) is 1. The van der Waals surface area contributed by atoms with Crippen LogP contribution in [0.2, 0.25) is 0 Å². The molecule has 2 aromatic carbocycles. The number of hydrogen-bond donors (Lipinski definition) is 3. The van der Waals surface area contributed by atoms with Crippen LogP contribution >= 0.6 is 0 Å². The molecule has 1 saturated carbocycles. The number of fused-ring (bicyclic) bond motifs is 3. The molecule has 3 atom stereocenters. The van der Waals surface area contributed by atoms with Gasteiger partial charge in [-0.3, -0.25) is 9.59 Å². The van der Waals surface area contributed by atoms with Gasteiger partial charge in [0.25, 0.3) is 0 Å². The van der Waals surface area contributed by atoms with Crippen molar-refractivity contribution in [2.75, 3.05) is 13.2 Å². The van der Waals surface area contributed by atoms with Crippen LogP contribution in [-0.2, 0) is 14.3 Å². The first kappa shape index (κ1) is 19.9. The average molecular weight is 408 g/mol. The molecular formula is C23H24N2O5. The number of ether oxygens (including phenoxy) is 1. The second-order valence-electron chi connectivity index (χ2n) is 7.88. The molecule has 7 nitrogen and oxygen atoms in total. The van der Waals surface area contributed by atoms with Crippen molar-refractivity contribution in [1.82, 2.24) is 10.6 Å². The molecule has 0 unspecified atom stereocenters. The number of aliphatic carboxylic acids is 1. The average Bonchev–Trinajstić information content (AvgIpc) is 3.46. The van der Waals surface area contributed by atoms with Gasteiger partial charge in [0, 0.05) is 18.4 Å². The Morgan fingerprint density at radius 3 is 2.27 bits per heavy atom. The molecule has 4 rings (SSSR count). The van der Waals surface area contributed by atoms with Crippen molar-refractivity contribution in [1.29, 1.82) is 0 Å². The van der Waals surface area contributed by atoms with Crippen molar-refractivity contribution in [2.45, 2.75) is 25.3 Å². The third kappa shape index (κ3) is 4.01. The third-order valence-electron chi connectivity index (χ3n) is 5.84. The van der Waals surface area contributed by atoms with Gasteiger partial charge in [-0.05, 0) is 41.5 Å². The largest absolute Gasteiger partial charge is 0.480 e. The SMILES string of the molecule is C[C@H](NC(=O)[C@@H]1C[C@@H]1CNC(=O)OCC1c2ccccc2-c2ccccc21)C(=O)O. The molecule has 2 amide bonds. The van der Waals surface area contributed by atoms with E-state index in [0.717, 1.165) is 11.1 Å². The van der Waals surface area contributed by atoms with E-state index in [1.54, 1.807) is 0 Å². The second kappa shape index (κ2) is 8.18. The van der Waals surface area contributed by atoms with E-state index in [1.807, 2.05) is 24.3 Å². The summed E-state index contributed by atoms with van der Waals surface area (Å²) in [6.45, 7) is 1.99. The number of carboxylic acid groups (broad SMARTS) is 1. The minimum Gasteiger partial charge on any atom is -0.480 e. The lowest BCUT2D eigenvalue weighted by atomic mass is 9.98. The number of benzene rings is 2. The molecule has 2 aliphatic rings. The standard InChI is InChI=1S/C23H24N2O5/c1-13(22(27)28)25-21(26)19-10-14(19)11-24-23(29)30-12-20-17-8-4-2-6-15(17)16-7-3-5-9-18(16)20/h2-9,13-14,19-20H,10-12H2,1H3,(H,24,29)(H,25,26)(H,27,28)/t13-,14+,19+/m0/s1. The smallest absolute Gasteiger partial charge is 0.407 e. The molecule has 0 spiro atoms. The summed E-state index contributed by atoms with van der Waals surface area (Å²) in [5.74, 6) is -1.62. The molecule has 0 bridgehead atoms. The maximum Gasteiger partial charge on any atom is 0.407 e. The molecule has 0 saturated heterocycles. The quantitative estimate of drug-likeness (QED) is 0.653. The predicted molar refractivity (Wildman–Crippen MR) is 110 cm³/mol. The highest BCUT2D eigenvalue weighted by atomic mass is 16.5. The number of hydrogen-bond acceptors (Lipinski definition) is 4. The molecule has 2 aliphatic carbocycles. The van der Waals surface area contributed by atoms with Gasteiger partial charge in [-0.2, -0.15) is 0 Å². The van der Waals surface area contributed by atoms with E-state index in [4.69, 9.17) is 9.84 Å². The van der Waals surface area contributed by atoms with Gasteiger partial charge in [0.2, 0.25) is 5.91 Å². The van der Waals surface area contributed by atoms with E-state index in [1.165, 1.54) is 18.1 Å². The first-order valence-electron chi connectivity index (χ1n) is 10.1. The van der Waals surface area contributed by atoms with Gasteiger partial charge in [-0.15, -0.1) is 0 Å². The first-order valence-corrected chi connectivity index (χ1v) is 10.1. The number of nitrogens with one attached hydrogen (secondary N) is 2. The lowest BCUT2D eigenvalue weighted by Gasteiger charge is -2.14. The van der Waals surface area contributed by atoms with E-state index >= 15 is 0 Å². The molecule has 0 radical (unpaired) electrons. The van der Waals surface area contributed by atoms with Crippen molar-refractivity contribution in [3.8, 4) is 11.1 Å². The molecule has 0 aromatic heterocycles. The Labute approximate surface area is 174 Å². The fourth-order valence-corrected chi connectivity index (χ4v) is 4.04. The highest BCUT2D eigenvalue weighted by Crippen LogP contribution is 2.44. The van der Waals surface area contributed by atoms with E-state index in [9.17, 15) is 14.4 Å². The zero-order chi connectivity index (χ0) is 21.3. The zero-order valence-electron chi connectivity index (χ0n) is 16.6. The van der Waals surface area contributed by atoms with Crippen LogP contribution in [0.25, 0.3) is 11.1 Å². The van der Waals surface area contributed by atoms with Crippen molar-refractivity contribution in [2.24, 2.45) is 11.8 Å². The lowest BCUT2D eigenvalue weighted by Crippen LogP contribution is -2.39. The number of carboxylic acids is 1. The number of amides is 2. The first-order chi connectivity index (χ1) is 14.5. The lowest BCUT2D eigenvalue weighted by molar-refractivity contribution is -0.141. The minimum atomic E-state index is -1.07. The maximum absolute atomic E-state index is 12.2. The summed E-state index contributed by atoms with van der Waals surface area (Å²) >= 11 is 0. The molecule has 0 aliphatic heterocycles. The molecule has 2 aromatic rings. The summed E-state index contributed by atoms with van der Waals surface area (Å²) < 4.78 is 5.48. The van der Waals surface area contributed by atoms with Crippen LogP contribution in [0.3, 0.4) is 0 Å². The summed E-state index contributed by atoms with van der Waals surface area (Å²) in [6.07, 6.45) is 0.115. The third-order valence-corrected chi connectivity index (χ3v) is 5.84. The van der Waals surface area contributed by atoms with Gasteiger partial charge < -0.3 is 20.5 Å². The summed E-state index contributed by atoms with van der Waals surface area (Å²) in [6, 6.07) is 15.3. The molecule has 1 fully saturated rings. The Balaban J connectivity index is 1.27. The van der Waals surface area contributed by atoms with Crippen LogP contribution in [0, 0.1) is 11.8 Å². The fraction of sp³-hybridized carbons (Fsp3) is 0.348. The summed E-state index contributed by atoms with van der Waals surface area (Å²) in [7, 11) is 0. The van der Waals surface area contributed by atoms with Crippen molar-refractivity contribution in [3.63, 3.8) is 0 Å². The van der Waals surface area contributed by atoms with Gasteiger partial charge in [0.15, 0.2) is 0 Å². The molecule has 3 N–H and O–H groups in total. The summed E-state index contributed by atoms with van der Waals surface area (Å²) in [5.41, 5.74) is 4.64. The van der Waals surface area contributed by atoms with Gasteiger partial charge in [-0.1, -0.05) is 48.5 Å². The molecule has 7 heteroatoms. The van der Waals surface area contributed by atoms with E-state index in [-0.39, 0.29) is 30.3 Å². The summed E-state index contributed by atoms with van der Waals surface area (Å²) in [5, 5.41) is 14.0. The van der Waals surface area contributed by atoms with Crippen LogP contribution in [0.4, 0.5) is 4.79 Å². The Hall–Kier alpha value is -3.35. The van der Waals surface area contributed by atoms with Gasteiger partial charge >= 0.3 is 12.1 Å². The van der Waals surface area contributed by atoms with Crippen molar-refractivity contribution in [3.05, 3.63) is 59.7 Å². The second-order valence-corrected chi connectivity index (χ2v) is 7.88. The zero-order valence-corrected chi connectivity index (χ0v) is 16.6. The Bertz CT molecular complexity index is 944. The Morgan fingerprint density at radius 2 is 1.67 bits per heavy atom. The Morgan fingerprint density at radius 1 is 1.07 bits per heavy atom. The summed E-state index contributed by atoms with van der Waals surface area (Å²) in [4.78, 5) is 35.0. The molecular weight excluding hydrogens is 384 g/mol. The number of carbonyl (C=O) groups is 3. The minimum absolute atomic E-state index is 0.0000996.